The van der Waals surface area contributed by atoms with Crippen LogP contribution >= 0.6 is 27.3 Å². The average molecular weight is 474 g/mol. The molecule has 2 rings (SSSR count). The van der Waals surface area contributed by atoms with Crippen LogP contribution in [0.15, 0.2) is 25.6 Å². The first-order chi connectivity index (χ1) is 12.9. The highest BCUT2D eigenvalue weighted by Gasteiger charge is 2.19. The van der Waals surface area contributed by atoms with Crippen LogP contribution < -0.4 is 21.9 Å². The van der Waals surface area contributed by atoms with E-state index in [1.165, 1.54) is 17.5 Å². The Hall–Kier alpha value is -2.47. The molecule has 0 aliphatic rings. The minimum atomic E-state index is -0.687. The number of halogens is 1. The van der Waals surface area contributed by atoms with Gasteiger partial charge in [-0.05, 0) is 43.6 Å². The zero-order chi connectivity index (χ0) is 21.1. The summed E-state index contributed by atoms with van der Waals surface area (Å²) >= 11 is 4.20. The first kappa shape index (κ1) is 21.8. The number of thiazole rings is 1. The summed E-state index contributed by atoms with van der Waals surface area (Å²) in [5.74, 6) is -0.441. The van der Waals surface area contributed by atoms with E-state index >= 15 is 0 Å². The molecule has 0 radical (unpaired) electrons. The van der Waals surface area contributed by atoms with Crippen molar-refractivity contribution in [1.82, 2.24) is 19.9 Å². The third kappa shape index (κ3) is 6.30. The normalized spacial score (nSPS) is 12.3. The fraction of sp³-hybridized carbons (Fsp3) is 0.438. The summed E-state index contributed by atoms with van der Waals surface area (Å²) in [5.41, 5.74) is -1.34. The molecule has 0 aromatic carbocycles. The molecule has 3 N–H and O–H groups in total. The van der Waals surface area contributed by atoms with E-state index in [1.807, 2.05) is 0 Å². The van der Waals surface area contributed by atoms with Crippen molar-refractivity contribution in [2.45, 2.75) is 45.9 Å². The number of rotatable bonds is 5. The first-order valence-corrected chi connectivity index (χ1v) is 9.86. The molecule has 0 spiro atoms. The molecule has 1 atom stereocenters. The SMILES string of the molecule is CC(NC(=O)Cn1cc(Br)c(=O)[nH]c1=O)c1csc(NC(=O)OC(C)(C)C)n1. The van der Waals surface area contributed by atoms with E-state index in [4.69, 9.17) is 4.74 Å². The third-order valence-electron chi connectivity index (χ3n) is 3.23. The number of nitrogens with one attached hydrogen (secondary N) is 3. The number of ether oxygens (including phenoxy) is 1. The van der Waals surface area contributed by atoms with E-state index in [-0.39, 0.29) is 11.0 Å². The van der Waals surface area contributed by atoms with Crippen LogP contribution in [0.4, 0.5) is 9.93 Å². The zero-order valence-corrected chi connectivity index (χ0v) is 18.1. The summed E-state index contributed by atoms with van der Waals surface area (Å²) in [5, 5.41) is 7.27. The quantitative estimate of drug-likeness (QED) is 0.607. The van der Waals surface area contributed by atoms with Crippen molar-refractivity contribution in [2.75, 3.05) is 5.32 Å². The number of nitrogens with zero attached hydrogens (tertiary/aromatic N) is 2. The molecule has 0 bridgehead atoms. The number of amides is 2. The zero-order valence-electron chi connectivity index (χ0n) is 15.7. The predicted molar refractivity (Wildman–Crippen MR) is 108 cm³/mol. The molecule has 1 unspecified atom stereocenters. The Bertz CT molecular complexity index is 990. The van der Waals surface area contributed by atoms with Crippen LogP contribution in [-0.4, -0.2) is 32.1 Å². The highest BCUT2D eigenvalue weighted by molar-refractivity contribution is 9.10. The Morgan fingerprint density at radius 3 is 2.71 bits per heavy atom. The first-order valence-electron chi connectivity index (χ1n) is 8.18. The smallest absolute Gasteiger partial charge is 0.413 e. The summed E-state index contributed by atoms with van der Waals surface area (Å²) in [7, 11) is 0. The number of carbonyl (C=O) groups excluding carboxylic acids is 2. The summed E-state index contributed by atoms with van der Waals surface area (Å²) in [4.78, 5) is 53.4. The summed E-state index contributed by atoms with van der Waals surface area (Å²) in [6, 6.07) is -0.458. The predicted octanol–water partition coefficient (Wildman–Crippen LogP) is 1.98. The molecular weight excluding hydrogens is 454 g/mol. The number of hydrogen-bond acceptors (Lipinski definition) is 7. The lowest BCUT2D eigenvalue weighted by Crippen LogP contribution is -2.36. The van der Waals surface area contributed by atoms with E-state index < -0.39 is 34.9 Å². The number of anilines is 1. The van der Waals surface area contributed by atoms with Gasteiger partial charge in [-0.3, -0.25) is 24.5 Å². The van der Waals surface area contributed by atoms with Gasteiger partial charge >= 0.3 is 11.8 Å². The monoisotopic (exact) mass is 473 g/mol. The van der Waals surface area contributed by atoms with Crippen LogP contribution in [0.3, 0.4) is 0 Å². The molecule has 2 heterocycles. The van der Waals surface area contributed by atoms with E-state index in [0.29, 0.717) is 10.8 Å². The van der Waals surface area contributed by atoms with Crippen LogP contribution in [0.5, 0.6) is 0 Å². The van der Waals surface area contributed by atoms with Crippen LogP contribution in [-0.2, 0) is 16.1 Å². The molecule has 152 valence electrons. The van der Waals surface area contributed by atoms with Crippen molar-refractivity contribution in [1.29, 1.82) is 0 Å². The molecule has 0 fully saturated rings. The van der Waals surface area contributed by atoms with Crippen LogP contribution in [0.2, 0.25) is 0 Å². The van der Waals surface area contributed by atoms with Crippen molar-refractivity contribution in [3.05, 3.63) is 42.6 Å². The van der Waals surface area contributed by atoms with Gasteiger partial charge in [0.15, 0.2) is 5.13 Å². The van der Waals surface area contributed by atoms with E-state index in [1.54, 1.807) is 33.1 Å². The molecule has 2 amide bonds. The lowest BCUT2D eigenvalue weighted by atomic mass is 10.2. The van der Waals surface area contributed by atoms with Gasteiger partial charge in [-0.2, -0.15) is 0 Å². The average Bonchev–Trinajstić information content (AvgIpc) is 2.99. The van der Waals surface area contributed by atoms with Gasteiger partial charge in [0, 0.05) is 11.6 Å². The number of aromatic nitrogens is 3. The lowest BCUT2D eigenvalue weighted by molar-refractivity contribution is -0.122. The van der Waals surface area contributed by atoms with E-state index in [2.05, 4.69) is 36.5 Å². The fourth-order valence-corrected chi connectivity index (χ4v) is 3.19. The van der Waals surface area contributed by atoms with Crippen molar-refractivity contribution in [3.63, 3.8) is 0 Å². The maximum atomic E-state index is 12.2. The molecule has 10 nitrogen and oxygen atoms in total. The largest absolute Gasteiger partial charge is 0.444 e. The molecule has 2 aromatic rings. The molecule has 28 heavy (non-hydrogen) atoms. The maximum Gasteiger partial charge on any atom is 0.413 e. The fourth-order valence-electron chi connectivity index (χ4n) is 2.05. The van der Waals surface area contributed by atoms with E-state index in [0.717, 1.165) is 4.57 Å². The minimum Gasteiger partial charge on any atom is -0.444 e. The second-order valence-electron chi connectivity index (χ2n) is 6.86. The molecular formula is C16H20BrN5O5S. The minimum absolute atomic E-state index is 0.144. The van der Waals surface area contributed by atoms with Crippen LogP contribution in [0, 0.1) is 0 Å². The maximum absolute atomic E-state index is 12.2. The molecule has 2 aromatic heterocycles. The Kier molecular flexibility index (Phi) is 6.77. The molecule has 0 aliphatic heterocycles. The number of hydrogen-bond donors (Lipinski definition) is 3. The van der Waals surface area contributed by atoms with Gasteiger partial charge in [0.25, 0.3) is 5.56 Å². The standard InChI is InChI=1S/C16H20BrN5O5S/c1-8(10-7-28-13(19-10)21-15(26)27-16(2,3)4)18-11(23)6-22-5-9(17)12(24)20-14(22)25/h5,7-8H,6H2,1-4H3,(H,18,23)(H,19,21,26)(H,20,24,25). The number of H-pyrrole nitrogens is 1. The van der Waals surface area contributed by atoms with Gasteiger partial charge in [0.05, 0.1) is 16.2 Å². The van der Waals surface area contributed by atoms with Crippen molar-refractivity contribution in [3.8, 4) is 0 Å². The molecule has 0 aliphatic carbocycles. The van der Waals surface area contributed by atoms with Gasteiger partial charge in [0.2, 0.25) is 5.91 Å². The summed E-state index contributed by atoms with van der Waals surface area (Å²) in [6.45, 7) is 6.71. The van der Waals surface area contributed by atoms with Gasteiger partial charge < -0.3 is 10.1 Å². The highest BCUT2D eigenvalue weighted by Crippen LogP contribution is 2.21. The molecule has 12 heteroatoms. The lowest BCUT2D eigenvalue weighted by Gasteiger charge is -2.19. The van der Waals surface area contributed by atoms with Gasteiger partial charge in [-0.15, -0.1) is 11.3 Å². The van der Waals surface area contributed by atoms with Crippen LogP contribution in [0.1, 0.15) is 39.4 Å². The van der Waals surface area contributed by atoms with Crippen molar-refractivity contribution < 1.29 is 14.3 Å². The Morgan fingerprint density at radius 1 is 1.39 bits per heavy atom. The highest BCUT2D eigenvalue weighted by atomic mass is 79.9. The molecule has 0 saturated heterocycles. The molecule has 0 saturated carbocycles. The Labute approximate surface area is 172 Å². The third-order valence-corrected chi connectivity index (χ3v) is 4.57. The summed E-state index contributed by atoms with van der Waals surface area (Å²) < 4.78 is 6.37. The van der Waals surface area contributed by atoms with Crippen molar-refractivity contribution in [2.24, 2.45) is 0 Å². The van der Waals surface area contributed by atoms with Gasteiger partial charge in [-0.1, -0.05) is 0 Å². The Balaban J connectivity index is 1.97. The summed E-state index contributed by atoms with van der Waals surface area (Å²) in [6.07, 6.45) is 0.630. The van der Waals surface area contributed by atoms with Gasteiger partial charge in [-0.25, -0.2) is 14.6 Å². The topological polar surface area (TPSA) is 135 Å². The van der Waals surface area contributed by atoms with Crippen molar-refractivity contribution >= 4 is 44.4 Å². The second kappa shape index (κ2) is 8.69. The number of carbonyl (C=O) groups is 2. The Morgan fingerprint density at radius 2 is 2.07 bits per heavy atom. The second-order valence-corrected chi connectivity index (χ2v) is 8.57. The number of aromatic amines is 1. The van der Waals surface area contributed by atoms with E-state index in [9.17, 15) is 19.2 Å². The van der Waals surface area contributed by atoms with Crippen LogP contribution in [0.25, 0.3) is 0 Å². The van der Waals surface area contributed by atoms with Gasteiger partial charge in [0.1, 0.15) is 12.1 Å².